The molecule has 5 heteroatoms. The lowest BCUT2D eigenvalue weighted by atomic mass is 9.95. The van der Waals surface area contributed by atoms with Crippen molar-refractivity contribution in [3.05, 3.63) is 77.1 Å². The van der Waals surface area contributed by atoms with E-state index in [0.29, 0.717) is 12.5 Å². The Hall–Kier alpha value is -2.92. The van der Waals surface area contributed by atoms with E-state index in [-0.39, 0.29) is 11.9 Å². The molecule has 1 heterocycles. The van der Waals surface area contributed by atoms with Crippen LogP contribution in [-0.2, 0) is 11.2 Å². The molecule has 0 bridgehead atoms. The second kappa shape index (κ2) is 9.72. The number of carbonyl (C=O) groups is 1. The standard InChI is InChI=1S/C25H32N4O/c1-6-20-12-14-21(15-13-20)24(17(2)3)26-16-23(30)27-25-18(4)28-29(19(25)5)22-10-8-7-9-11-22/h7-15,17,24,26H,6,16H2,1-5H3,(H,27,30)/p+1/t24-/m0/s1. The highest BCUT2D eigenvalue weighted by Crippen LogP contribution is 2.23. The minimum absolute atomic E-state index is 0.00959. The Bertz CT molecular complexity index is 974. The van der Waals surface area contributed by atoms with Crippen LogP contribution in [0.25, 0.3) is 5.69 Å². The van der Waals surface area contributed by atoms with Crippen LogP contribution in [0.15, 0.2) is 54.6 Å². The van der Waals surface area contributed by atoms with Crippen LogP contribution in [-0.4, -0.2) is 22.2 Å². The van der Waals surface area contributed by atoms with Crippen LogP contribution in [0, 0.1) is 19.8 Å². The molecule has 0 fully saturated rings. The molecule has 5 nitrogen and oxygen atoms in total. The van der Waals surface area contributed by atoms with Crippen molar-refractivity contribution in [2.75, 3.05) is 11.9 Å². The van der Waals surface area contributed by atoms with Gasteiger partial charge >= 0.3 is 0 Å². The molecular weight excluding hydrogens is 372 g/mol. The van der Waals surface area contributed by atoms with Gasteiger partial charge in [-0.1, -0.05) is 63.2 Å². The molecule has 0 aliphatic heterocycles. The molecule has 1 atom stereocenters. The minimum atomic E-state index is -0.00959. The Morgan fingerprint density at radius 1 is 1.07 bits per heavy atom. The third-order valence-electron chi connectivity index (χ3n) is 5.60. The number of nitrogens with two attached hydrogens (primary N) is 1. The monoisotopic (exact) mass is 405 g/mol. The molecular formula is C25H33N4O+. The number of benzene rings is 2. The zero-order chi connectivity index (χ0) is 21.7. The topological polar surface area (TPSA) is 63.5 Å². The lowest BCUT2D eigenvalue weighted by Gasteiger charge is -2.20. The number of rotatable bonds is 8. The van der Waals surface area contributed by atoms with E-state index >= 15 is 0 Å². The molecule has 3 aromatic rings. The second-order valence-corrected chi connectivity index (χ2v) is 8.15. The fraction of sp³-hybridized carbons (Fsp3) is 0.360. The maximum absolute atomic E-state index is 12.7. The number of nitrogens with one attached hydrogen (secondary N) is 1. The average Bonchev–Trinajstić information content (AvgIpc) is 3.03. The third kappa shape index (κ3) is 4.97. The largest absolute Gasteiger partial charge is 0.332 e. The Balaban J connectivity index is 1.68. The van der Waals surface area contributed by atoms with E-state index in [2.05, 4.69) is 60.8 Å². The van der Waals surface area contributed by atoms with E-state index < -0.39 is 0 Å². The summed E-state index contributed by atoms with van der Waals surface area (Å²) in [5.74, 6) is 0.416. The first-order chi connectivity index (χ1) is 14.4. The van der Waals surface area contributed by atoms with E-state index in [1.165, 1.54) is 11.1 Å². The summed E-state index contributed by atoms with van der Waals surface area (Å²) in [6.45, 7) is 10.8. The van der Waals surface area contributed by atoms with E-state index in [0.717, 1.165) is 29.2 Å². The number of quaternary nitrogens is 1. The number of aryl methyl sites for hydroxylation is 2. The molecule has 2 aromatic carbocycles. The highest BCUT2D eigenvalue weighted by molar-refractivity contribution is 5.92. The number of anilines is 1. The van der Waals surface area contributed by atoms with Crippen LogP contribution in [0.3, 0.4) is 0 Å². The second-order valence-electron chi connectivity index (χ2n) is 8.15. The molecule has 158 valence electrons. The predicted molar refractivity (Wildman–Crippen MR) is 122 cm³/mol. The van der Waals surface area contributed by atoms with Crippen molar-refractivity contribution >= 4 is 11.6 Å². The summed E-state index contributed by atoms with van der Waals surface area (Å²) in [5.41, 5.74) is 6.13. The molecule has 0 aliphatic rings. The van der Waals surface area contributed by atoms with Crippen molar-refractivity contribution in [1.29, 1.82) is 0 Å². The number of nitrogens with zero attached hydrogens (tertiary/aromatic N) is 2. The Labute approximate surface area is 179 Å². The van der Waals surface area contributed by atoms with Gasteiger partial charge in [0.25, 0.3) is 5.91 Å². The van der Waals surface area contributed by atoms with Gasteiger partial charge in [0.15, 0.2) is 6.54 Å². The fourth-order valence-corrected chi connectivity index (χ4v) is 3.84. The summed E-state index contributed by atoms with van der Waals surface area (Å²) in [6, 6.07) is 19.0. The van der Waals surface area contributed by atoms with Crippen molar-refractivity contribution in [3.63, 3.8) is 0 Å². The molecule has 30 heavy (non-hydrogen) atoms. The fourth-order valence-electron chi connectivity index (χ4n) is 3.84. The SMILES string of the molecule is CCc1ccc([C@@H]([NH2+]CC(=O)Nc2c(C)nn(-c3ccccc3)c2C)C(C)C)cc1. The molecule has 3 rings (SSSR count). The van der Waals surface area contributed by atoms with Gasteiger partial charge in [-0.2, -0.15) is 5.10 Å². The normalized spacial score (nSPS) is 12.2. The van der Waals surface area contributed by atoms with Crippen molar-refractivity contribution in [2.45, 2.75) is 47.1 Å². The molecule has 1 amide bonds. The molecule has 0 radical (unpaired) electrons. The number of aromatic nitrogens is 2. The third-order valence-corrected chi connectivity index (χ3v) is 5.60. The minimum Gasteiger partial charge on any atom is -0.332 e. The molecule has 0 aliphatic carbocycles. The summed E-state index contributed by atoms with van der Waals surface area (Å²) in [4.78, 5) is 12.7. The van der Waals surface area contributed by atoms with E-state index in [1.54, 1.807) is 0 Å². The van der Waals surface area contributed by atoms with Gasteiger partial charge in [-0.05, 0) is 38.0 Å². The first-order valence-corrected chi connectivity index (χ1v) is 10.7. The molecule has 1 aromatic heterocycles. The summed E-state index contributed by atoms with van der Waals surface area (Å²) < 4.78 is 1.88. The summed E-state index contributed by atoms with van der Waals surface area (Å²) >= 11 is 0. The molecule has 0 spiro atoms. The molecule has 0 saturated carbocycles. The number of hydrogen-bond donors (Lipinski definition) is 2. The van der Waals surface area contributed by atoms with Crippen molar-refractivity contribution in [2.24, 2.45) is 5.92 Å². The smallest absolute Gasteiger partial charge is 0.279 e. The van der Waals surface area contributed by atoms with Crippen LogP contribution < -0.4 is 10.6 Å². The van der Waals surface area contributed by atoms with Gasteiger partial charge < -0.3 is 10.6 Å². The molecule has 0 saturated heterocycles. The van der Waals surface area contributed by atoms with Crippen molar-refractivity contribution < 1.29 is 10.1 Å². The average molecular weight is 406 g/mol. The zero-order valence-electron chi connectivity index (χ0n) is 18.6. The number of hydrogen-bond acceptors (Lipinski definition) is 2. The number of para-hydroxylation sites is 1. The molecule has 3 N–H and O–H groups in total. The van der Waals surface area contributed by atoms with Crippen LogP contribution in [0.5, 0.6) is 0 Å². The lowest BCUT2D eigenvalue weighted by molar-refractivity contribution is -0.692. The van der Waals surface area contributed by atoms with Gasteiger partial charge in [0.05, 0.1) is 22.8 Å². The highest BCUT2D eigenvalue weighted by Gasteiger charge is 2.22. The van der Waals surface area contributed by atoms with E-state index in [4.69, 9.17) is 0 Å². The maximum atomic E-state index is 12.7. The van der Waals surface area contributed by atoms with Gasteiger partial charge in [0, 0.05) is 11.5 Å². The van der Waals surface area contributed by atoms with E-state index in [1.807, 2.05) is 48.9 Å². The van der Waals surface area contributed by atoms with Gasteiger partial charge in [0.1, 0.15) is 6.04 Å². The van der Waals surface area contributed by atoms with E-state index in [9.17, 15) is 4.79 Å². The number of amides is 1. The first-order valence-electron chi connectivity index (χ1n) is 10.7. The van der Waals surface area contributed by atoms with Crippen LogP contribution in [0.2, 0.25) is 0 Å². The van der Waals surface area contributed by atoms with Gasteiger partial charge in [0.2, 0.25) is 0 Å². The van der Waals surface area contributed by atoms with Crippen LogP contribution in [0.4, 0.5) is 5.69 Å². The highest BCUT2D eigenvalue weighted by atomic mass is 16.1. The van der Waals surface area contributed by atoms with Gasteiger partial charge in [-0.15, -0.1) is 0 Å². The van der Waals surface area contributed by atoms with Crippen molar-refractivity contribution in [3.8, 4) is 5.69 Å². The maximum Gasteiger partial charge on any atom is 0.279 e. The van der Waals surface area contributed by atoms with Crippen LogP contribution in [0.1, 0.15) is 49.3 Å². The Morgan fingerprint density at radius 3 is 2.33 bits per heavy atom. The summed E-state index contributed by atoms with van der Waals surface area (Å²) in [7, 11) is 0. The quantitative estimate of drug-likeness (QED) is 0.596. The summed E-state index contributed by atoms with van der Waals surface area (Å²) in [6.07, 6.45) is 1.04. The Kier molecular flexibility index (Phi) is 7.06. The Morgan fingerprint density at radius 2 is 1.73 bits per heavy atom. The predicted octanol–water partition coefficient (Wildman–Crippen LogP) is 3.95. The molecule has 0 unspecified atom stereocenters. The lowest BCUT2D eigenvalue weighted by Crippen LogP contribution is -2.88. The van der Waals surface area contributed by atoms with Gasteiger partial charge in [-0.25, -0.2) is 4.68 Å². The first kappa shape index (κ1) is 21.8. The van der Waals surface area contributed by atoms with Crippen LogP contribution >= 0.6 is 0 Å². The number of carbonyl (C=O) groups excluding carboxylic acids is 1. The van der Waals surface area contributed by atoms with Gasteiger partial charge in [-0.3, -0.25) is 4.79 Å². The zero-order valence-corrected chi connectivity index (χ0v) is 18.6. The summed E-state index contributed by atoms with van der Waals surface area (Å²) in [5, 5.41) is 9.82. The van der Waals surface area contributed by atoms with Crippen molar-refractivity contribution in [1.82, 2.24) is 9.78 Å².